The SMILES string of the molecule is OC1CCC(CNC2CCCCCC2O)C1. The zero-order chi connectivity index (χ0) is 11.4. The van der Waals surface area contributed by atoms with E-state index in [0.29, 0.717) is 12.0 Å². The van der Waals surface area contributed by atoms with Gasteiger partial charge in [-0.2, -0.15) is 0 Å². The molecule has 0 radical (unpaired) electrons. The zero-order valence-electron chi connectivity index (χ0n) is 10.1. The summed E-state index contributed by atoms with van der Waals surface area (Å²) < 4.78 is 0. The van der Waals surface area contributed by atoms with Crippen LogP contribution < -0.4 is 5.32 Å². The third-order valence-electron chi connectivity index (χ3n) is 4.16. The minimum atomic E-state index is -0.158. The molecule has 0 bridgehead atoms. The van der Waals surface area contributed by atoms with Gasteiger partial charge in [-0.3, -0.25) is 0 Å². The van der Waals surface area contributed by atoms with Crippen molar-refractivity contribution in [2.45, 2.75) is 69.6 Å². The van der Waals surface area contributed by atoms with Gasteiger partial charge in [-0.1, -0.05) is 19.3 Å². The minimum absolute atomic E-state index is 0.0779. The molecule has 0 amide bonds. The summed E-state index contributed by atoms with van der Waals surface area (Å²) in [5, 5.41) is 22.9. The first kappa shape index (κ1) is 12.3. The number of hydrogen-bond acceptors (Lipinski definition) is 3. The highest BCUT2D eigenvalue weighted by Crippen LogP contribution is 2.25. The summed E-state index contributed by atoms with van der Waals surface area (Å²) in [6.07, 6.45) is 8.52. The Bertz CT molecular complexity index is 210. The number of aliphatic hydroxyl groups is 2. The molecule has 2 aliphatic carbocycles. The van der Waals surface area contributed by atoms with Gasteiger partial charge in [0, 0.05) is 6.04 Å². The van der Waals surface area contributed by atoms with Crippen LogP contribution in [-0.4, -0.2) is 35.0 Å². The van der Waals surface area contributed by atoms with Gasteiger partial charge >= 0.3 is 0 Å². The van der Waals surface area contributed by atoms with Crippen LogP contribution in [0, 0.1) is 5.92 Å². The molecule has 2 saturated carbocycles. The van der Waals surface area contributed by atoms with E-state index in [9.17, 15) is 10.2 Å². The smallest absolute Gasteiger partial charge is 0.0693 e. The summed E-state index contributed by atoms with van der Waals surface area (Å²) >= 11 is 0. The summed E-state index contributed by atoms with van der Waals surface area (Å²) in [7, 11) is 0. The molecule has 2 aliphatic rings. The Kier molecular flexibility index (Phi) is 4.62. The topological polar surface area (TPSA) is 52.5 Å². The van der Waals surface area contributed by atoms with Crippen LogP contribution in [0.5, 0.6) is 0 Å². The van der Waals surface area contributed by atoms with Gasteiger partial charge in [-0.05, 0) is 44.6 Å². The van der Waals surface area contributed by atoms with Crippen molar-refractivity contribution in [1.29, 1.82) is 0 Å². The van der Waals surface area contributed by atoms with Crippen molar-refractivity contribution < 1.29 is 10.2 Å². The highest BCUT2D eigenvalue weighted by atomic mass is 16.3. The first-order valence-electron chi connectivity index (χ1n) is 6.85. The number of aliphatic hydroxyl groups excluding tert-OH is 2. The van der Waals surface area contributed by atoms with Crippen molar-refractivity contribution >= 4 is 0 Å². The summed E-state index contributed by atoms with van der Waals surface area (Å²) in [5.74, 6) is 0.616. The third kappa shape index (κ3) is 3.44. The van der Waals surface area contributed by atoms with Gasteiger partial charge < -0.3 is 15.5 Å². The van der Waals surface area contributed by atoms with Gasteiger partial charge in [0.05, 0.1) is 12.2 Å². The molecular weight excluding hydrogens is 202 g/mol. The van der Waals surface area contributed by atoms with Crippen LogP contribution in [0.1, 0.15) is 51.4 Å². The first-order valence-corrected chi connectivity index (χ1v) is 6.85. The summed E-state index contributed by atoms with van der Waals surface area (Å²) in [4.78, 5) is 0. The van der Waals surface area contributed by atoms with Crippen molar-refractivity contribution in [3.05, 3.63) is 0 Å². The fourth-order valence-corrected chi connectivity index (χ4v) is 3.08. The Labute approximate surface area is 98.2 Å². The van der Waals surface area contributed by atoms with Crippen LogP contribution in [0.3, 0.4) is 0 Å². The average molecular weight is 227 g/mol. The lowest BCUT2D eigenvalue weighted by Gasteiger charge is -2.23. The van der Waals surface area contributed by atoms with E-state index in [1.165, 1.54) is 19.3 Å². The van der Waals surface area contributed by atoms with E-state index in [-0.39, 0.29) is 12.2 Å². The lowest BCUT2D eigenvalue weighted by molar-refractivity contribution is 0.117. The molecule has 3 heteroatoms. The van der Waals surface area contributed by atoms with Crippen LogP contribution >= 0.6 is 0 Å². The second-order valence-electron chi connectivity index (χ2n) is 5.55. The highest BCUT2D eigenvalue weighted by molar-refractivity contribution is 4.82. The number of rotatable bonds is 3. The maximum atomic E-state index is 9.96. The maximum Gasteiger partial charge on any atom is 0.0693 e. The monoisotopic (exact) mass is 227 g/mol. The number of nitrogens with one attached hydrogen (secondary N) is 1. The fourth-order valence-electron chi connectivity index (χ4n) is 3.08. The largest absolute Gasteiger partial charge is 0.393 e. The van der Waals surface area contributed by atoms with E-state index in [1.807, 2.05) is 0 Å². The Morgan fingerprint density at radius 1 is 0.938 bits per heavy atom. The first-order chi connectivity index (χ1) is 7.75. The predicted octanol–water partition coefficient (Wildman–Crippen LogP) is 1.43. The number of hydrogen-bond donors (Lipinski definition) is 3. The van der Waals surface area contributed by atoms with Crippen molar-refractivity contribution in [3.8, 4) is 0 Å². The fraction of sp³-hybridized carbons (Fsp3) is 1.00. The molecule has 0 saturated heterocycles. The molecule has 0 heterocycles. The van der Waals surface area contributed by atoms with E-state index < -0.39 is 0 Å². The van der Waals surface area contributed by atoms with Crippen molar-refractivity contribution in [2.75, 3.05) is 6.54 Å². The molecular formula is C13H25NO2. The molecule has 3 nitrogen and oxygen atoms in total. The van der Waals surface area contributed by atoms with Gasteiger partial charge in [0.1, 0.15) is 0 Å². The quantitative estimate of drug-likeness (QED) is 0.639. The Morgan fingerprint density at radius 3 is 2.50 bits per heavy atom. The van der Waals surface area contributed by atoms with Crippen LogP contribution in [0.2, 0.25) is 0 Å². The van der Waals surface area contributed by atoms with Crippen LogP contribution in [0.25, 0.3) is 0 Å². The molecule has 2 fully saturated rings. The van der Waals surface area contributed by atoms with E-state index >= 15 is 0 Å². The minimum Gasteiger partial charge on any atom is -0.393 e. The molecule has 4 atom stereocenters. The molecule has 3 N–H and O–H groups in total. The maximum absolute atomic E-state index is 9.96. The van der Waals surface area contributed by atoms with Gasteiger partial charge in [-0.25, -0.2) is 0 Å². The Morgan fingerprint density at radius 2 is 1.75 bits per heavy atom. The lowest BCUT2D eigenvalue weighted by atomic mass is 10.0. The van der Waals surface area contributed by atoms with Crippen LogP contribution in [0.4, 0.5) is 0 Å². The molecule has 0 spiro atoms. The van der Waals surface area contributed by atoms with E-state index in [2.05, 4.69) is 5.32 Å². The average Bonchev–Trinajstić information content (AvgIpc) is 2.56. The van der Waals surface area contributed by atoms with Crippen molar-refractivity contribution in [3.63, 3.8) is 0 Å². The van der Waals surface area contributed by atoms with Gasteiger partial charge in [0.15, 0.2) is 0 Å². The van der Waals surface area contributed by atoms with Crippen molar-refractivity contribution in [2.24, 2.45) is 5.92 Å². The second-order valence-corrected chi connectivity index (χ2v) is 5.55. The van der Waals surface area contributed by atoms with Crippen LogP contribution in [0.15, 0.2) is 0 Å². The van der Waals surface area contributed by atoms with Gasteiger partial charge in [0.2, 0.25) is 0 Å². The standard InChI is InChI=1S/C13H25NO2/c15-11-7-6-10(8-11)9-14-12-4-2-1-3-5-13(12)16/h10-16H,1-9H2. The summed E-state index contributed by atoms with van der Waals surface area (Å²) in [6, 6.07) is 0.292. The summed E-state index contributed by atoms with van der Waals surface area (Å²) in [6.45, 7) is 0.971. The molecule has 0 aromatic heterocycles. The third-order valence-corrected chi connectivity index (χ3v) is 4.16. The van der Waals surface area contributed by atoms with Crippen molar-refractivity contribution in [1.82, 2.24) is 5.32 Å². The second kappa shape index (κ2) is 5.99. The lowest BCUT2D eigenvalue weighted by Crippen LogP contribution is -2.41. The molecule has 2 rings (SSSR count). The van der Waals surface area contributed by atoms with E-state index in [1.54, 1.807) is 0 Å². The Hall–Kier alpha value is -0.120. The molecule has 0 aromatic rings. The van der Waals surface area contributed by atoms with Gasteiger partial charge in [-0.15, -0.1) is 0 Å². The zero-order valence-corrected chi connectivity index (χ0v) is 10.1. The molecule has 4 unspecified atom stereocenters. The Balaban J connectivity index is 1.71. The molecule has 16 heavy (non-hydrogen) atoms. The summed E-state index contributed by atoms with van der Waals surface area (Å²) in [5.41, 5.74) is 0. The normalized spacial score (nSPS) is 40.9. The molecule has 94 valence electrons. The molecule has 0 aromatic carbocycles. The molecule has 0 aliphatic heterocycles. The highest BCUT2D eigenvalue weighted by Gasteiger charge is 2.25. The van der Waals surface area contributed by atoms with E-state index in [4.69, 9.17) is 0 Å². The van der Waals surface area contributed by atoms with Gasteiger partial charge in [0.25, 0.3) is 0 Å². The van der Waals surface area contributed by atoms with Crippen LogP contribution in [-0.2, 0) is 0 Å². The predicted molar refractivity (Wildman–Crippen MR) is 64.2 cm³/mol. The van der Waals surface area contributed by atoms with E-state index in [0.717, 1.165) is 38.6 Å².